The molecule has 2 fully saturated rings. The fourth-order valence-electron chi connectivity index (χ4n) is 5.10. The van der Waals surface area contributed by atoms with Gasteiger partial charge in [-0.05, 0) is 68.1 Å². The molecule has 0 aliphatic carbocycles. The maximum absolute atomic E-state index is 13.6. The molecule has 1 amide bonds. The smallest absolute Gasteiger partial charge is 0.380 e. The number of halogens is 7. The van der Waals surface area contributed by atoms with Gasteiger partial charge in [-0.15, -0.1) is 0 Å². The van der Waals surface area contributed by atoms with Gasteiger partial charge in [0, 0.05) is 18.5 Å². The first-order valence-corrected chi connectivity index (χ1v) is 11.3. The number of carbonyl (C=O) groups is 1. The standard InChI is InChI=1S/C25H24F7NO3/c1-13(15-9-16(24(27,28)29)11-17(10-15)25(30,31)32)36-20-12-33-19(7-8-23(2,35)22(33)34)21(20)14-3-5-18(26)6-4-14/h3-6,9-11,13,19-21,35H,7-8,12H2,1-2H3/t13-,19+,20+,21?,23?/m1/s1. The van der Waals surface area contributed by atoms with E-state index >= 15 is 0 Å². The van der Waals surface area contributed by atoms with Crippen LogP contribution in [0.25, 0.3) is 0 Å². The van der Waals surface area contributed by atoms with Gasteiger partial charge in [-0.1, -0.05) is 12.1 Å². The summed E-state index contributed by atoms with van der Waals surface area (Å²) < 4.78 is 99.6. The Hall–Kier alpha value is -2.66. The highest BCUT2D eigenvalue weighted by Gasteiger charge is 2.53. The van der Waals surface area contributed by atoms with Crippen LogP contribution in [0.1, 0.15) is 61.0 Å². The number of amides is 1. The zero-order valence-electron chi connectivity index (χ0n) is 19.3. The number of fused-ring (bicyclic) bond motifs is 1. The highest BCUT2D eigenvalue weighted by atomic mass is 19.4. The number of carbonyl (C=O) groups excluding carboxylic acids is 1. The second-order valence-electron chi connectivity index (χ2n) is 9.57. The average molecular weight is 519 g/mol. The third-order valence-corrected chi connectivity index (χ3v) is 6.95. The van der Waals surface area contributed by atoms with E-state index in [2.05, 4.69) is 0 Å². The molecule has 2 aliphatic rings. The van der Waals surface area contributed by atoms with Crippen LogP contribution in [0.15, 0.2) is 42.5 Å². The van der Waals surface area contributed by atoms with Crippen molar-refractivity contribution in [1.82, 2.24) is 4.90 Å². The van der Waals surface area contributed by atoms with Crippen LogP contribution in [0.2, 0.25) is 0 Å². The molecule has 4 nitrogen and oxygen atoms in total. The van der Waals surface area contributed by atoms with Gasteiger partial charge in [-0.25, -0.2) is 4.39 Å². The van der Waals surface area contributed by atoms with Crippen LogP contribution >= 0.6 is 0 Å². The molecular weight excluding hydrogens is 495 g/mol. The van der Waals surface area contributed by atoms with E-state index in [1.807, 2.05) is 0 Å². The number of benzene rings is 2. The van der Waals surface area contributed by atoms with Crippen molar-refractivity contribution in [3.05, 3.63) is 70.5 Å². The summed E-state index contributed by atoms with van der Waals surface area (Å²) in [4.78, 5) is 14.3. The molecule has 2 aromatic carbocycles. The van der Waals surface area contributed by atoms with Crippen molar-refractivity contribution < 1.29 is 45.4 Å². The van der Waals surface area contributed by atoms with E-state index in [0.717, 1.165) is 0 Å². The topological polar surface area (TPSA) is 49.8 Å². The molecule has 2 unspecified atom stereocenters. The maximum Gasteiger partial charge on any atom is 0.416 e. The van der Waals surface area contributed by atoms with E-state index in [4.69, 9.17) is 4.74 Å². The predicted molar refractivity (Wildman–Crippen MR) is 114 cm³/mol. The Labute approximate surface area is 202 Å². The summed E-state index contributed by atoms with van der Waals surface area (Å²) in [6.45, 7) is 2.69. The molecule has 0 bridgehead atoms. The van der Waals surface area contributed by atoms with E-state index < -0.39 is 65.0 Å². The second kappa shape index (κ2) is 9.02. The lowest BCUT2D eigenvalue weighted by molar-refractivity contribution is -0.157. The summed E-state index contributed by atoms with van der Waals surface area (Å²) in [5, 5.41) is 10.4. The number of nitrogens with zero attached hydrogens (tertiary/aromatic N) is 1. The van der Waals surface area contributed by atoms with Crippen molar-refractivity contribution in [2.24, 2.45) is 0 Å². The Bertz CT molecular complexity index is 1100. The third kappa shape index (κ3) is 5.08. The monoisotopic (exact) mass is 519 g/mol. The van der Waals surface area contributed by atoms with E-state index in [9.17, 15) is 40.6 Å². The molecule has 1 N–H and O–H groups in total. The first-order valence-electron chi connectivity index (χ1n) is 11.3. The molecular formula is C25H24F7NO3. The summed E-state index contributed by atoms with van der Waals surface area (Å²) in [5.74, 6) is -1.56. The Morgan fingerprint density at radius 3 is 2.11 bits per heavy atom. The van der Waals surface area contributed by atoms with Crippen molar-refractivity contribution in [3.8, 4) is 0 Å². The van der Waals surface area contributed by atoms with Crippen molar-refractivity contribution >= 4 is 5.91 Å². The molecule has 5 atom stereocenters. The molecule has 36 heavy (non-hydrogen) atoms. The van der Waals surface area contributed by atoms with Gasteiger partial charge < -0.3 is 14.7 Å². The molecule has 11 heteroatoms. The van der Waals surface area contributed by atoms with Crippen LogP contribution < -0.4 is 0 Å². The van der Waals surface area contributed by atoms with Crippen molar-refractivity contribution in [1.29, 1.82) is 0 Å². The van der Waals surface area contributed by atoms with Gasteiger partial charge in [0.25, 0.3) is 5.91 Å². The van der Waals surface area contributed by atoms with Gasteiger partial charge >= 0.3 is 12.4 Å². The van der Waals surface area contributed by atoms with Crippen LogP contribution in [0.5, 0.6) is 0 Å². The first-order chi connectivity index (χ1) is 16.6. The normalized spacial score (nSPS) is 27.8. The number of rotatable bonds is 4. The SMILES string of the molecule is C[C@@H](O[C@H]1CN2C(=O)C(C)(O)CC[C@H]2C1c1ccc(F)cc1)c1cc(C(F)(F)F)cc(C(F)(F)F)c1. The molecule has 4 rings (SSSR count). The Morgan fingerprint density at radius 2 is 1.58 bits per heavy atom. The number of hydrogen-bond donors (Lipinski definition) is 1. The second-order valence-corrected chi connectivity index (χ2v) is 9.57. The van der Waals surface area contributed by atoms with E-state index in [1.54, 1.807) is 0 Å². The van der Waals surface area contributed by atoms with Crippen LogP contribution in [-0.2, 0) is 21.9 Å². The predicted octanol–water partition coefficient (Wildman–Crippen LogP) is 5.85. The fourth-order valence-corrected chi connectivity index (χ4v) is 5.10. The molecule has 2 heterocycles. The third-order valence-electron chi connectivity index (χ3n) is 6.95. The number of ether oxygens (including phenoxy) is 1. The first kappa shape index (κ1) is 26.4. The van der Waals surface area contributed by atoms with E-state index in [-0.39, 0.29) is 24.6 Å². The highest BCUT2D eigenvalue weighted by molar-refractivity contribution is 5.86. The average Bonchev–Trinajstić information content (AvgIpc) is 3.14. The molecule has 0 spiro atoms. The highest BCUT2D eigenvalue weighted by Crippen LogP contribution is 2.45. The largest absolute Gasteiger partial charge is 0.416 e. The molecule has 0 saturated carbocycles. The van der Waals surface area contributed by atoms with Crippen LogP contribution in [0.3, 0.4) is 0 Å². The van der Waals surface area contributed by atoms with Crippen molar-refractivity contribution in [2.75, 3.05) is 6.54 Å². The summed E-state index contributed by atoms with van der Waals surface area (Å²) in [6, 6.07) is 6.31. The van der Waals surface area contributed by atoms with Gasteiger partial charge in [-0.2, -0.15) is 26.3 Å². The van der Waals surface area contributed by atoms with E-state index in [0.29, 0.717) is 24.1 Å². The molecule has 0 radical (unpaired) electrons. The fraction of sp³-hybridized carbons (Fsp3) is 0.480. The minimum Gasteiger partial charge on any atom is -0.380 e. The van der Waals surface area contributed by atoms with Crippen LogP contribution in [0, 0.1) is 5.82 Å². The quantitative estimate of drug-likeness (QED) is 0.516. The lowest BCUT2D eigenvalue weighted by Crippen LogP contribution is -2.54. The molecule has 0 aromatic heterocycles. The molecule has 196 valence electrons. The minimum absolute atomic E-state index is 0.0306. The van der Waals surface area contributed by atoms with Gasteiger partial charge in [0.1, 0.15) is 11.4 Å². The Balaban J connectivity index is 1.69. The molecule has 2 saturated heterocycles. The number of alkyl halides is 6. The van der Waals surface area contributed by atoms with Gasteiger partial charge in [0.2, 0.25) is 0 Å². The van der Waals surface area contributed by atoms with Gasteiger partial charge in [-0.3, -0.25) is 4.79 Å². The lowest BCUT2D eigenvalue weighted by atomic mass is 9.82. The van der Waals surface area contributed by atoms with Gasteiger partial charge in [0.05, 0.1) is 23.3 Å². The number of aliphatic hydroxyl groups is 1. The van der Waals surface area contributed by atoms with Crippen LogP contribution in [0.4, 0.5) is 30.7 Å². The summed E-state index contributed by atoms with van der Waals surface area (Å²) in [5.41, 5.74) is -4.22. The number of piperidine rings is 1. The van der Waals surface area contributed by atoms with Crippen molar-refractivity contribution in [2.45, 2.75) is 68.8 Å². The molecule has 2 aliphatic heterocycles. The summed E-state index contributed by atoms with van der Waals surface area (Å²) in [7, 11) is 0. The minimum atomic E-state index is -5.00. The van der Waals surface area contributed by atoms with Gasteiger partial charge in [0.15, 0.2) is 0 Å². The van der Waals surface area contributed by atoms with Crippen LogP contribution in [-0.4, -0.2) is 40.2 Å². The Morgan fingerprint density at radius 1 is 1.03 bits per heavy atom. The lowest BCUT2D eigenvalue weighted by Gasteiger charge is -2.39. The zero-order valence-corrected chi connectivity index (χ0v) is 19.3. The summed E-state index contributed by atoms with van der Waals surface area (Å²) >= 11 is 0. The van der Waals surface area contributed by atoms with E-state index in [1.165, 1.54) is 43.0 Å². The summed E-state index contributed by atoms with van der Waals surface area (Å²) in [6.07, 6.45) is -11.5. The zero-order chi connectivity index (χ0) is 26.6. The Kier molecular flexibility index (Phi) is 6.62. The number of hydrogen-bond acceptors (Lipinski definition) is 3. The molecule has 2 aromatic rings. The van der Waals surface area contributed by atoms with Crippen molar-refractivity contribution in [3.63, 3.8) is 0 Å². The maximum atomic E-state index is 13.6.